The summed E-state index contributed by atoms with van der Waals surface area (Å²) in [5, 5.41) is 3.30. The Morgan fingerprint density at radius 2 is 1.95 bits per heavy atom. The van der Waals surface area contributed by atoms with Crippen molar-refractivity contribution >= 4 is 44.5 Å². The van der Waals surface area contributed by atoms with Crippen LogP contribution in [-0.2, 0) is 0 Å². The summed E-state index contributed by atoms with van der Waals surface area (Å²) in [5.41, 5.74) is 8.29. The Hall–Kier alpha value is -1.59. The molecule has 0 amide bonds. The monoisotopic (exact) mass is 336 g/mol. The molecule has 0 aliphatic heterocycles. The smallest absolute Gasteiger partial charge is 0.121 e. The van der Waals surface area contributed by atoms with E-state index in [2.05, 4.69) is 21.2 Å². The van der Waals surface area contributed by atoms with E-state index < -0.39 is 0 Å². The topological polar surface area (TPSA) is 47.3 Å². The molecule has 0 spiro atoms. The van der Waals surface area contributed by atoms with Crippen LogP contribution in [0, 0.1) is 0 Å². The van der Waals surface area contributed by atoms with Crippen molar-refractivity contribution in [2.45, 2.75) is 0 Å². The van der Waals surface area contributed by atoms with Crippen molar-refractivity contribution in [3.63, 3.8) is 0 Å². The van der Waals surface area contributed by atoms with Crippen molar-refractivity contribution in [1.29, 1.82) is 0 Å². The van der Waals surface area contributed by atoms with E-state index in [0.717, 1.165) is 27.2 Å². The van der Waals surface area contributed by atoms with Crippen LogP contribution in [0.4, 0.5) is 11.4 Å². The largest absolute Gasteiger partial charge is 0.497 e. The summed E-state index contributed by atoms with van der Waals surface area (Å²) < 4.78 is 6.15. The van der Waals surface area contributed by atoms with Crippen molar-refractivity contribution < 1.29 is 4.74 Å². The summed E-state index contributed by atoms with van der Waals surface area (Å²) in [7, 11) is 1.63. The van der Waals surface area contributed by atoms with Crippen molar-refractivity contribution in [3.8, 4) is 5.75 Å². The number of ether oxygens (including phenoxy) is 1. The maximum Gasteiger partial charge on any atom is 0.121 e. The van der Waals surface area contributed by atoms with Gasteiger partial charge in [0.05, 0.1) is 12.8 Å². The van der Waals surface area contributed by atoms with Crippen LogP contribution in [0.3, 0.4) is 0 Å². The molecule has 0 saturated heterocycles. The summed E-state index contributed by atoms with van der Waals surface area (Å²) in [5.74, 6) is 0.776. The number of thiocarbonyl (C=S) groups is 1. The Bertz CT molecular complexity index is 616. The SMILES string of the molecule is COc1ccc(Br)c(Nc2ccccc2C(N)=S)c1. The van der Waals surface area contributed by atoms with Gasteiger partial charge in [-0.3, -0.25) is 0 Å². The lowest BCUT2D eigenvalue weighted by Crippen LogP contribution is -2.11. The average Bonchev–Trinajstić information content (AvgIpc) is 2.41. The number of halogens is 1. The number of methoxy groups -OCH3 is 1. The van der Waals surface area contributed by atoms with Gasteiger partial charge in [0.15, 0.2) is 0 Å². The van der Waals surface area contributed by atoms with E-state index in [1.54, 1.807) is 7.11 Å². The van der Waals surface area contributed by atoms with Crippen LogP contribution in [0.25, 0.3) is 0 Å². The van der Waals surface area contributed by atoms with Crippen molar-refractivity contribution in [2.75, 3.05) is 12.4 Å². The van der Waals surface area contributed by atoms with Gasteiger partial charge in [-0.2, -0.15) is 0 Å². The predicted octanol–water partition coefficient (Wildman–Crippen LogP) is 3.84. The lowest BCUT2D eigenvalue weighted by atomic mass is 10.1. The van der Waals surface area contributed by atoms with Gasteiger partial charge in [0.25, 0.3) is 0 Å². The highest BCUT2D eigenvalue weighted by Crippen LogP contribution is 2.30. The summed E-state index contributed by atoms with van der Waals surface area (Å²) in [6, 6.07) is 13.4. The Balaban J connectivity index is 2.38. The fourth-order valence-electron chi connectivity index (χ4n) is 1.68. The molecule has 0 unspecified atom stereocenters. The van der Waals surface area contributed by atoms with Crippen molar-refractivity contribution in [2.24, 2.45) is 5.73 Å². The number of rotatable bonds is 4. The molecule has 0 aromatic heterocycles. The minimum absolute atomic E-state index is 0.363. The van der Waals surface area contributed by atoms with E-state index in [-0.39, 0.29) is 0 Å². The van der Waals surface area contributed by atoms with Gasteiger partial charge >= 0.3 is 0 Å². The zero-order valence-electron chi connectivity index (χ0n) is 10.3. The normalized spacial score (nSPS) is 10.0. The number of anilines is 2. The molecular weight excluding hydrogens is 324 g/mol. The van der Waals surface area contributed by atoms with Gasteiger partial charge in [0.2, 0.25) is 0 Å². The Morgan fingerprint density at radius 3 is 2.63 bits per heavy atom. The number of benzene rings is 2. The molecular formula is C14H13BrN2OS. The molecule has 3 N–H and O–H groups in total. The Labute approximate surface area is 125 Å². The standard InChI is InChI=1S/C14H13BrN2OS/c1-18-9-6-7-11(15)13(8-9)17-12-5-3-2-4-10(12)14(16)19/h2-8,17H,1H3,(H2,16,19). The van der Waals surface area contributed by atoms with Crippen LogP contribution in [0.15, 0.2) is 46.9 Å². The number of hydrogen-bond acceptors (Lipinski definition) is 3. The van der Waals surface area contributed by atoms with Gasteiger partial charge < -0.3 is 15.8 Å². The van der Waals surface area contributed by atoms with Gasteiger partial charge in [-0.1, -0.05) is 24.4 Å². The predicted molar refractivity (Wildman–Crippen MR) is 86.3 cm³/mol. The highest BCUT2D eigenvalue weighted by Gasteiger charge is 2.07. The molecule has 0 heterocycles. The summed E-state index contributed by atoms with van der Waals surface area (Å²) in [4.78, 5) is 0.363. The summed E-state index contributed by atoms with van der Waals surface area (Å²) in [6.45, 7) is 0. The van der Waals surface area contributed by atoms with E-state index in [1.165, 1.54) is 0 Å². The third-order valence-corrected chi connectivity index (χ3v) is 3.55. The highest BCUT2D eigenvalue weighted by atomic mass is 79.9. The van der Waals surface area contributed by atoms with E-state index in [0.29, 0.717) is 4.99 Å². The first-order valence-corrected chi connectivity index (χ1v) is 6.81. The third-order valence-electron chi connectivity index (χ3n) is 2.64. The molecule has 0 radical (unpaired) electrons. The molecule has 0 aliphatic carbocycles. The maximum atomic E-state index is 5.72. The zero-order valence-corrected chi connectivity index (χ0v) is 12.7. The molecule has 2 aromatic carbocycles. The molecule has 0 bridgehead atoms. The second-order valence-electron chi connectivity index (χ2n) is 3.88. The molecule has 0 atom stereocenters. The Kier molecular flexibility index (Phi) is 4.39. The first kappa shape index (κ1) is 13.8. The van der Waals surface area contributed by atoms with E-state index in [9.17, 15) is 0 Å². The third kappa shape index (κ3) is 3.24. The molecule has 0 aliphatic rings. The second kappa shape index (κ2) is 6.04. The number of nitrogens with one attached hydrogen (secondary N) is 1. The molecule has 3 nitrogen and oxygen atoms in total. The minimum Gasteiger partial charge on any atom is -0.497 e. The minimum atomic E-state index is 0.363. The number of para-hydroxylation sites is 1. The lowest BCUT2D eigenvalue weighted by molar-refractivity contribution is 0.415. The fraction of sp³-hybridized carbons (Fsp3) is 0.0714. The van der Waals surface area contributed by atoms with E-state index in [1.807, 2.05) is 42.5 Å². The molecule has 98 valence electrons. The van der Waals surface area contributed by atoms with E-state index in [4.69, 9.17) is 22.7 Å². The first-order valence-electron chi connectivity index (χ1n) is 5.61. The molecule has 0 fully saturated rings. The lowest BCUT2D eigenvalue weighted by Gasteiger charge is -2.13. The van der Waals surface area contributed by atoms with Crippen LogP contribution in [0.5, 0.6) is 5.75 Å². The molecule has 19 heavy (non-hydrogen) atoms. The van der Waals surface area contributed by atoms with Crippen LogP contribution in [-0.4, -0.2) is 12.1 Å². The first-order chi connectivity index (χ1) is 9.11. The van der Waals surface area contributed by atoms with Crippen molar-refractivity contribution in [1.82, 2.24) is 0 Å². The Morgan fingerprint density at radius 1 is 1.21 bits per heavy atom. The number of hydrogen-bond donors (Lipinski definition) is 2. The van der Waals surface area contributed by atoms with Crippen LogP contribution < -0.4 is 15.8 Å². The van der Waals surface area contributed by atoms with E-state index >= 15 is 0 Å². The van der Waals surface area contributed by atoms with Gasteiger partial charge in [-0.15, -0.1) is 0 Å². The van der Waals surface area contributed by atoms with Crippen LogP contribution in [0.1, 0.15) is 5.56 Å². The summed E-state index contributed by atoms with van der Waals surface area (Å²) in [6.07, 6.45) is 0. The maximum absolute atomic E-state index is 5.72. The average molecular weight is 337 g/mol. The van der Waals surface area contributed by atoms with Gasteiger partial charge in [0, 0.05) is 21.8 Å². The van der Waals surface area contributed by atoms with Gasteiger partial charge in [-0.05, 0) is 40.2 Å². The molecule has 5 heteroatoms. The van der Waals surface area contributed by atoms with Gasteiger partial charge in [-0.25, -0.2) is 0 Å². The van der Waals surface area contributed by atoms with Crippen molar-refractivity contribution in [3.05, 3.63) is 52.5 Å². The highest BCUT2D eigenvalue weighted by molar-refractivity contribution is 9.10. The second-order valence-corrected chi connectivity index (χ2v) is 5.17. The van der Waals surface area contributed by atoms with Gasteiger partial charge in [0.1, 0.15) is 10.7 Å². The quantitative estimate of drug-likeness (QED) is 0.833. The van der Waals surface area contributed by atoms with Crippen LogP contribution in [0.2, 0.25) is 0 Å². The molecule has 2 aromatic rings. The zero-order chi connectivity index (χ0) is 13.8. The molecule has 2 rings (SSSR count). The summed E-state index contributed by atoms with van der Waals surface area (Å²) >= 11 is 8.55. The fourth-order valence-corrected chi connectivity index (χ4v) is 2.20. The number of nitrogens with two attached hydrogens (primary N) is 1. The van der Waals surface area contributed by atoms with Crippen LogP contribution >= 0.6 is 28.1 Å². The molecule has 0 saturated carbocycles.